The molecule has 3 N–H and O–H groups in total. The summed E-state index contributed by atoms with van der Waals surface area (Å²) < 4.78 is 1.74. The minimum atomic E-state index is -0.262. The molecule has 5 heteroatoms. The zero-order chi connectivity index (χ0) is 14.8. The highest BCUT2D eigenvalue weighted by molar-refractivity contribution is 9.11. The number of hydrogen-bond acceptors (Lipinski definition) is 2. The van der Waals surface area contributed by atoms with Crippen LogP contribution in [0.25, 0.3) is 0 Å². The van der Waals surface area contributed by atoms with Crippen LogP contribution >= 0.6 is 31.9 Å². The molecule has 1 aliphatic carbocycles. The van der Waals surface area contributed by atoms with Gasteiger partial charge < -0.3 is 11.1 Å². The van der Waals surface area contributed by atoms with E-state index in [1.807, 2.05) is 18.2 Å². The number of nitrogens with two attached hydrogens (primary N) is 1. The van der Waals surface area contributed by atoms with Gasteiger partial charge in [0.25, 0.3) is 5.91 Å². The van der Waals surface area contributed by atoms with Crippen LogP contribution < -0.4 is 11.1 Å². The van der Waals surface area contributed by atoms with Crippen molar-refractivity contribution >= 4 is 37.8 Å². The van der Waals surface area contributed by atoms with Gasteiger partial charge in [-0.05, 0) is 52.9 Å². The van der Waals surface area contributed by atoms with Crippen molar-refractivity contribution in [3.63, 3.8) is 0 Å². The summed E-state index contributed by atoms with van der Waals surface area (Å²) in [5.41, 5.74) is 6.37. The number of hydrogen-bond donors (Lipinski definition) is 2. The zero-order valence-electron chi connectivity index (χ0n) is 11.6. The first-order valence-corrected chi connectivity index (χ1v) is 8.55. The molecule has 1 aliphatic rings. The fraction of sp³-hybridized carbons (Fsp3) is 0.533. The molecule has 1 amide bonds. The molecule has 3 nitrogen and oxygen atoms in total. The molecule has 110 valence electrons. The Kier molecular flexibility index (Phi) is 5.26. The largest absolute Gasteiger partial charge is 0.345 e. The Morgan fingerprint density at radius 1 is 1.45 bits per heavy atom. The van der Waals surface area contributed by atoms with Gasteiger partial charge in [-0.1, -0.05) is 35.7 Å². The van der Waals surface area contributed by atoms with Gasteiger partial charge in [0.2, 0.25) is 0 Å². The molecule has 2 atom stereocenters. The van der Waals surface area contributed by atoms with E-state index < -0.39 is 0 Å². The predicted octanol–water partition coefficient (Wildman–Crippen LogP) is 3.85. The lowest BCUT2D eigenvalue weighted by molar-refractivity contribution is 0.0812. The van der Waals surface area contributed by atoms with Crippen molar-refractivity contribution in [2.45, 2.75) is 38.1 Å². The van der Waals surface area contributed by atoms with Crippen molar-refractivity contribution in [1.82, 2.24) is 5.32 Å². The van der Waals surface area contributed by atoms with E-state index in [4.69, 9.17) is 5.73 Å². The number of rotatable bonds is 3. The van der Waals surface area contributed by atoms with Crippen molar-refractivity contribution in [2.24, 2.45) is 11.7 Å². The summed E-state index contributed by atoms with van der Waals surface area (Å²) in [4.78, 5) is 12.5. The van der Waals surface area contributed by atoms with Crippen LogP contribution in [0.2, 0.25) is 0 Å². The molecule has 0 spiro atoms. The predicted molar refractivity (Wildman–Crippen MR) is 88.7 cm³/mol. The average molecular weight is 404 g/mol. The van der Waals surface area contributed by atoms with Crippen molar-refractivity contribution in [3.05, 3.63) is 32.7 Å². The lowest BCUT2D eigenvalue weighted by atomic mass is 9.73. The first kappa shape index (κ1) is 16.0. The van der Waals surface area contributed by atoms with Crippen molar-refractivity contribution in [1.29, 1.82) is 0 Å². The van der Waals surface area contributed by atoms with Gasteiger partial charge in [0, 0.05) is 15.5 Å². The van der Waals surface area contributed by atoms with Crippen LogP contribution in [-0.2, 0) is 0 Å². The Labute approximate surface area is 136 Å². The SMILES string of the molecule is CC1CCCCC1(CN)NC(=O)c1ccc(Br)cc1Br. The molecule has 20 heavy (non-hydrogen) atoms. The number of amides is 1. The third kappa shape index (κ3) is 3.26. The van der Waals surface area contributed by atoms with Crippen LogP contribution in [0.4, 0.5) is 0 Å². The molecular formula is C15H20Br2N2O. The summed E-state index contributed by atoms with van der Waals surface area (Å²) >= 11 is 6.84. The van der Waals surface area contributed by atoms with Crippen LogP contribution in [0.5, 0.6) is 0 Å². The lowest BCUT2D eigenvalue weighted by Crippen LogP contribution is -2.59. The van der Waals surface area contributed by atoms with Crippen LogP contribution in [0.3, 0.4) is 0 Å². The van der Waals surface area contributed by atoms with E-state index in [1.54, 1.807) is 0 Å². The van der Waals surface area contributed by atoms with Gasteiger partial charge in [-0.15, -0.1) is 0 Å². The van der Waals surface area contributed by atoms with Crippen LogP contribution in [0.15, 0.2) is 27.1 Å². The Bertz CT molecular complexity index is 507. The number of benzene rings is 1. The summed E-state index contributed by atoms with van der Waals surface area (Å²) in [5, 5.41) is 3.20. The van der Waals surface area contributed by atoms with Crippen molar-refractivity contribution in [3.8, 4) is 0 Å². The number of carbonyl (C=O) groups is 1. The highest BCUT2D eigenvalue weighted by atomic mass is 79.9. The molecule has 0 bridgehead atoms. The minimum absolute atomic E-state index is 0.0522. The highest BCUT2D eigenvalue weighted by Crippen LogP contribution is 2.33. The number of nitrogens with one attached hydrogen (secondary N) is 1. The summed E-state index contributed by atoms with van der Waals surface area (Å²) in [5.74, 6) is 0.364. The van der Waals surface area contributed by atoms with E-state index in [1.165, 1.54) is 6.42 Å². The molecule has 2 rings (SSSR count). The molecule has 1 aromatic rings. The third-order valence-electron chi connectivity index (χ3n) is 4.36. The number of carbonyl (C=O) groups excluding carboxylic acids is 1. The van der Waals surface area contributed by atoms with Crippen molar-refractivity contribution < 1.29 is 4.79 Å². The van der Waals surface area contributed by atoms with E-state index in [0.717, 1.165) is 28.2 Å². The summed E-state index contributed by atoms with van der Waals surface area (Å²) in [6.07, 6.45) is 4.44. The van der Waals surface area contributed by atoms with Gasteiger partial charge in [-0.2, -0.15) is 0 Å². The molecule has 0 radical (unpaired) electrons. The van der Waals surface area contributed by atoms with E-state index in [2.05, 4.69) is 44.1 Å². The maximum absolute atomic E-state index is 12.5. The van der Waals surface area contributed by atoms with Gasteiger partial charge in [-0.25, -0.2) is 0 Å². The fourth-order valence-corrected chi connectivity index (χ4v) is 4.15. The normalized spacial score (nSPS) is 26.3. The minimum Gasteiger partial charge on any atom is -0.345 e. The van der Waals surface area contributed by atoms with E-state index in [9.17, 15) is 4.79 Å². The molecule has 0 aliphatic heterocycles. The fourth-order valence-electron chi connectivity index (χ4n) is 2.92. The summed E-state index contributed by atoms with van der Waals surface area (Å²) in [7, 11) is 0. The molecule has 2 unspecified atom stereocenters. The first-order chi connectivity index (χ1) is 9.48. The standard InChI is InChI=1S/C15H20Br2N2O/c1-10-4-2-3-7-15(10,9-18)19-14(20)12-6-5-11(16)8-13(12)17/h5-6,8,10H,2-4,7,9,18H2,1H3,(H,19,20). The monoisotopic (exact) mass is 402 g/mol. The lowest BCUT2D eigenvalue weighted by Gasteiger charge is -2.42. The molecule has 1 saturated carbocycles. The Hall–Kier alpha value is -0.390. The summed E-state index contributed by atoms with van der Waals surface area (Å²) in [6.45, 7) is 2.68. The molecule has 1 aromatic carbocycles. The smallest absolute Gasteiger partial charge is 0.252 e. The Morgan fingerprint density at radius 2 is 2.20 bits per heavy atom. The van der Waals surface area contributed by atoms with Crippen molar-refractivity contribution in [2.75, 3.05) is 6.54 Å². The molecule has 1 fully saturated rings. The van der Waals surface area contributed by atoms with E-state index in [-0.39, 0.29) is 11.4 Å². The number of halogens is 2. The van der Waals surface area contributed by atoms with Crippen LogP contribution in [-0.4, -0.2) is 18.0 Å². The maximum Gasteiger partial charge on any atom is 0.252 e. The Morgan fingerprint density at radius 3 is 2.80 bits per heavy atom. The molecular weight excluding hydrogens is 384 g/mol. The molecule has 0 saturated heterocycles. The Balaban J connectivity index is 2.20. The average Bonchev–Trinajstić information content (AvgIpc) is 2.41. The molecule has 0 heterocycles. The van der Waals surface area contributed by atoms with Gasteiger partial charge in [0.05, 0.1) is 11.1 Å². The highest BCUT2D eigenvalue weighted by Gasteiger charge is 2.38. The summed E-state index contributed by atoms with van der Waals surface area (Å²) in [6, 6.07) is 5.58. The second-order valence-electron chi connectivity index (χ2n) is 5.59. The van der Waals surface area contributed by atoms with E-state index in [0.29, 0.717) is 18.0 Å². The maximum atomic E-state index is 12.5. The second kappa shape index (κ2) is 6.58. The quantitative estimate of drug-likeness (QED) is 0.805. The van der Waals surface area contributed by atoms with Crippen LogP contribution in [0, 0.1) is 5.92 Å². The van der Waals surface area contributed by atoms with Gasteiger partial charge in [-0.3, -0.25) is 4.79 Å². The zero-order valence-corrected chi connectivity index (χ0v) is 14.8. The molecule has 0 aromatic heterocycles. The first-order valence-electron chi connectivity index (χ1n) is 6.96. The van der Waals surface area contributed by atoms with Gasteiger partial charge >= 0.3 is 0 Å². The van der Waals surface area contributed by atoms with E-state index >= 15 is 0 Å². The second-order valence-corrected chi connectivity index (χ2v) is 7.36. The topological polar surface area (TPSA) is 55.1 Å². The van der Waals surface area contributed by atoms with Crippen LogP contribution in [0.1, 0.15) is 43.0 Å². The third-order valence-corrected chi connectivity index (χ3v) is 5.51. The van der Waals surface area contributed by atoms with Gasteiger partial charge in [0.15, 0.2) is 0 Å². The van der Waals surface area contributed by atoms with Gasteiger partial charge in [0.1, 0.15) is 0 Å².